The second-order valence-electron chi connectivity index (χ2n) is 3.53. The molecule has 0 bridgehead atoms. The third-order valence-corrected chi connectivity index (χ3v) is 2.62. The molecule has 0 unspecified atom stereocenters. The highest BCUT2D eigenvalue weighted by Crippen LogP contribution is 2.19. The fourth-order valence-electron chi connectivity index (χ4n) is 1.91. The Kier molecular flexibility index (Phi) is 1.48. The normalized spacial score (nSPS) is 11.3. The molecule has 0 aliphatic rings. The summed E-state index contributed by atoms with van der Waals surface area (Å²) in [7, 11) is 1.77. The number of hydrogen-bond donors (Lipinski definition) is 1. The summed E-state index contributed by atoms with van der Waals surface area (Å²) >= 11 is 0. The molecule has 4 nitrogen and oxygen atoms in total. The Hall–Kier alpha value is -2.10. The van der Waals surface area contributed by atoms with Crippen molar-refractivity contribution >= 4 is 21.8 Å². The minimum atomic E-state index is -0.0938. The summed E-state index contributed by atoms with van der Waals surface area (Å²) < 4.78 is 1.60. The molecule has 0 aliphatic heterocycles. The van der Waals surface area contributed by atoms with Gasteiger partial charge >= 0.3 is 0 Å². The molecule has 0 amide bonds. The molecular weight excluding hydrogens is 190 g/mol. The van der Waals surface area contributed by atoms with Crippen molar-refractivity contribution in [2.24, 2.45) is 7.05 Å². The van der Waals surface area contributed by atoms with Crippen LogP contribution >= 0.6 is 0 Å². The van der Waals surface area contributed by atoms with Crippen molar-refractivity contribution in [3.63, 3.8) is 0 Å². The third kappa shape index (κ3) is 1.01. The maximum atomic E-state index is 11.8. The molecule has 0 atom stereocenters. The first-order chi connectivity index (χ1) is 7.27. The zero-order chi connectivity index (χ0) is 10.4. The number of para-hydroxylation sites is 1. The molecule has 3 aromatic rings. The second-order valence-corrected chi connectivity index (χ2v) is 3.53. The molecule has 1 aromatic carbocycles. The van der Waals surface area contributed by atoms with E-state index in [0.29, 0.717) is 5.52 Å². The molecule has 0 aliphatic carbocycles. The monoisotopic (exact) mass is 199 g/mol. The predicted molar refractivity (Wildman–Crippen MR) is 58.8 cm³/mol. The van der Waals surface area contributed by atoms with Crippen molar-refractivity contribution in [1.29, 1.82) is 0 Å². The molecule has 0 saturated heterocycles. The summed E-state index contributed by atoms with van der Waals surface area (Å²) in [5.41, 5.74) is 1.38. The second kappa shape index (κ2) is 2.70. The molecule has 2 heterocycles. The Morgan fingerprint density at radius 3 is 2.93 bits per heavy atom. The number of H-pyrrole nitrogens is 1. The maximum Gasteiger partial charge on any atom is 0.274 e. The van der Waals surface area contributed by atoms with E-state index in [1.54, 1.807) is 17.9 Å². The van der Waals surface area contributed by atoms with Gasteiger partial charge < -0.3 is 4.98 Å². The summed E-state index contributed by atoms with van der Waals surface area (Å²) in [6.07, 6.45) is 1.73. The van der Waals surface area contributed by atoms with Crippen molar-refractivity contribution < 1.29 is 0 Å². The van der Waals surface area contributed by atoms with Crippen molar-refractivity contribution in [3.05, 3.63) is 40.8 Å². The van der Waals surface area contributed by atoms with Crippen molar-refractivity contribution in [2.75, 3.05) is 0 Å². The number of aryl methyl sites for hydroxylation is 1. The highest BCUT2D eigenvalue weighted by Gasteiger charge is 2.07. The molecule has 0 fully saturated rings. The molecule has 0 radical (unpaired) electrons. The van der Waals surface area contributed by atoms with Crippen LogP contribution in [0.2, 0.25) is 0 Å². The lowest BCUT2D eigenvalue weighted by molar-refractivity contribution is 0.792. The van der Waals surface area contributed by atoms with Gasteiger partial charge in [-0.15, -0.1) is 0 Å². The van der Waals surface area contributed by atoms with Gasteiger partial charge in [-0.3, -0.25) is 9.48 Å². The molecule has 15 heavy (non-hydrogen) atoms. The molecule has 3 rings (SSSR count). The number of nitrogens with one attached hydrogen (secondary N) is 1. The lowest BCUT2D eigenvalue weighted by atomic mass is 10.1. The van der Waals surface area contributed by atoms with Crippen LogP contribution < -0.4 is 5.56 Å². The van der Waals surface area contributed by atoms with Gasteiger partial charge in [-0.25, -0.2) is 0 Å². The van der Waals surface area contributed by atoms with Gasteiger partial charge in [-0.1, -0.05) is 18.2 Å². The van der Waals surface area contributed by atoms with Crippen LogP contribution in [-0.2, 0) is 7.05 Å². The van der Waals surface area contributed by atoms with E-state index >= 15 is 0 Å². The minimum Gasteiger partial charge on any atom is -0.320 e. The van der Waals surface area contributed by atoms with Gasteiger partial charge in [0.25, 0.3) is 5.56 Å². The third-order valence-electron chi connectivity index (χ3n) is 2.62. The van der Waals surface area contributed by atoms with E-state index in [1.165, 1.54) is 0 Å². The number of nitrogens with zero attached hydrogens (tertiary/aromatic N) is 2. The highest BCUT2D eigenvalue weighted by atomic mass is 16.1. The van der Waals surface area contributed by atoms with Gasteiger partial charge in [-0.2, -0.15) is 5.10 Å². The van der Waals surface area contributed by atoms with Gasteiger partial charge in [-0.05, 0) is 6.07 Å². The molecule has 0 saturated carbocycles. The number of benzene rings is 1. The van der Waals surface area contributed by atoms with Gasteiger partial charge in [0, 0.05) is 23.3 Å². The van der Waals surface area contributed by atoms with Gasteiger partial charge in [0.2, 0.25) is 0 Å². The van der Waals surface area contributed by atoms with E-state index in [-0.39, 0.29) is 5.56 Å². The Balaban J connectivity index is 2.71. The lowest BCUT2D eigenvalue weighted by Crippen LogP contribution is -2.09. The quantitative estimate of drug-likeness (QED) is 0.595. The van der Waals surface area contributed by atoms with Crippen LogP contribution in [0.25, 0.3) is 21.8 Å². The van der Waals surface area contributed by atoms with Crippen molar-refractivity contribution in [2.45, 2.75) is 0 Å². The smallest absolute Gasteiger partial charge is 0.274 e. The van der Waals surface area contributed by atoms with Crippen LogP contribution in [-0.4, -0.2) is 14.8 Å². The standard InChI is InChI=1S/C11H9N3O/c1-14-10-8(6-12-14)7-4-2-3-5-9(7)13-11(10)15/h2-6H,1H3,(H,13,15). The summed E-state index contributed by atoms with van der Waals surface area (Å²) in [6.45, 7) is 0. The molecular formula is C11H9N3O. The van der Waals surface area contributed by atoms with E-state index < -0.39 is 0 Å². The van der Waals surface area contributed by atoms with E-state index in [1.807, 2.05) is 24.3 Å². The molecule has 4 heteroatoms. The fraction of sp³-hybridized carbons (Fsp3) is 0.0909. The summed E-state index contributed by atoms with van der Waals surface area (Å²) in [6, 6.07) is 7.73. The summed E-state index contributed by atoms with van der Waals surface area (Å²) in [5, 5.41) is 6.03. The molecule has 0 spiro atoms. The van der Waals surface area contributed by atoms with E-state index in [2.05, 4.69) is 10.1 Å². The largest absolute Gasteiger partial charge is 0.320 e. The van der Waals surface area contributed by atoms with Crippen LogP contribution in [0.5, 0.6) is 0 Å². The van der Waals surface area contributed by atoms with E-state index in [4.69, 9.17) is 0 Å². The van der Waals surface area contributed by atoms with Crippen LogP contribution in [0.3, 0.4) is 0 Å². The Labute approximate surface area is 85.1 Å². The SMILES string of the molecule is Cn1ncc2c3ccccc3[nH]c(=O)c21. The Bertz CT molecular complexity index is 708. The van der Waals surface area contributed by atoms with Crippen LogP contribution in [0.15, 0.2) is 35.3 Å². The molecule has 2 aromatic heterocycles. The van der Waals surface area contributed by atoms with Crippen molar-refractivity contribution in [3.8, 4) is 0 Å². The van der Waals surface area contributed by atoms with Crippen molar-refractivity contribution in [1.82, 2.24) is 14.8 Å². The average molecular weight is 199 g/mol. The van der Waals surface area contributed by atoms with Crippen LogP contribution in [0.4, 0.5) is 0 Å². The number of aromatic nitrogens is 3. The zero-order valence-corrected chi connectivity index (χ0v) is 8.19. The van der Waals surface area contributed by atoms with Gasteiger partial charge in [0.15, 0.2) is 0 Å². The first kappa shape index (κ1) is 8.23. The first-order valence-corrected chi connectivity index (χ1v) is 4.70. The number of aromatic amines is 1. The Morgan fingerprint density at radius 1 is 1.27 bits per heavy atom. The maximum absolute atomic E-state index is 11.8. The van der Waals surface area contributed by atoms with Gasteiger partial charge in [0.1, 0.15) is 5.52 Å². The van der Waals surface area contributed by atoms with Crippen LogP contribution in [0, 0.1) is 0 Å². The highest BCUT2D eigenvalue weighted by molar-refractivity contribution is 6.03. The van der Waals surface area contributed by atoms with Crippen LogP contribution in [0.1, 0.15) is 0 Å². The Morgan fingerprint density at radius 2 is 2.07 bits per heavy atom. The number of fused-ring (bicyclic) bond motifs is 3. The average Bonchev–Trinajstić information content (AvgIpc) is 2.62. The molecule has 1 N–H and O–H groups in total. The molecule has 74 valence electrons. The zero-order valence-electron chi connectivity index (χ0n) is 8.19. The van der Waals surface area contributed by atoms with E-state index in [9.17, 15) is 4.79 Å². The lowest BCUT2D eigenvalue weighted by Gasteiger charge is -1.99. The van der Waals surface area contributed by atoms with Gasteiger partial charge in [0.05, 0.1) is 6.20 Å². The number of hydrogen-bond acceptors (Lipinski definition) is 2. The first-order valence-electron chi connectivity index (χ1n) is 4.70. The number of rotatable bonds is 0. The summed E-state index contributed by atoms with van der Waals surface area (Å²) in [4.78, 5) is 14.6. The number of pyridine rings is 1. The topological polar surface area (TPSA) is 50.7 Å². The predicted octanol–water partition coefficient (Wildman–Crippen LogP) is 1.41. The van der Waals surface area contributed by atoms with E-state index in [0.717, 1.165) is 16.3 Å². The minimum absolute atomic E-state index is 0.0938. The fourth-order valence-corrected chi connectivity index (χ4v) is 1.91. The summed E-state index contributed by atoms with van der Waals surface area (Å²) in [5.74, 6) is 0.